The SMILES string of the molecule is O=C(CCSc1ccc(Cl)cc1)N[C@@H](CO)C(=O)O. The van der Waals surface area contributed by atoms with Crippen LogP contribution in [0.25, 0.3) is 0 Å². The van der Waals surface area contributed by atoms with E-state index in [-0.39, 0.29) is 6.42 Å². The van der Waals surface area contributed by atoms with E-state index < -0.39 is 24.5 Å². The molecule has 0 unspecified atom stereocenters. The Hall–Kier alpha value is -1.24. The maximum absolute atomic E-state index is 11.4. The summed E-state index contributed by atoms with van der Waals surface area (Å²) in [6, 6.07) is 5.97. The predicted octanol–water partition coefficient (Wildman–Crippen LogP) is 1.38. The molecule has 7 heteroatoms. The average molecular weight is 304 g/mol. The fourth-order valence-corrected chi connectivity index (χ4v) is 2.22. The number of thioether (sulfide) groups is 1. The van der Waals surface area contributed by atoms with E-state index in [1.165, 1.54) is 11.8 Å². The third-order valence-electron chi connectivity index (χ3n) is 2.23. The first kappa shape index (κ1) is 15.8. The monoisotopic (exact) mass is 303 g/mol. The van der Waals surface area contributed by atoms with Crippen molar-refractivity contribution in [3.63, 3.8) is 0 Å². The highest BCUT2D eigenvalue weighted by atomic mass is 35.5. The molecule has 1 aromatic rings. The van der Waals surface area contributed by atoms with Gasteiger partial charge in [0.05, 0.1) is 6.61 Å². The normalized spacial score (nSPS) is 11.9. The van der Waals surface area contributed by atoms with Crippen molar-refractivity contribution in [3.05, 3.63) is 29.3 Å². The fraction of sp³-hybridized carbons (Fsp3) is 0.333. The highest BCUT2D eigenvalue weighted by Crippen LogP contribution is 2.20. The Morgan fingerprint density at radius 3 is 2.47 bits per heavy atom. The van der Waals surface area contributed by atoms with Gasteiger partial charge in [-0.25, -0.2) is 4.79 Å². The molecule has 1 amide bonds. The van der Waals surface area contributed by atoms with Crippen molar-refractivity contribution in [2.45, 2.75) is 17.4 Å². The molecule has 0 saturated heterocycles. The van der Waals surface area contributed by atoms with Crippen LogP contribution in [0.2, 0.25) is 5.02 Å². The van der Waals surface area contributed by atoms with Crippen LogP contribution >= 0.6 is 23.4 Å². The van der Waals surface area contributed by atoms with Gasteiger partial charge in [-0.05, 0) is 24.3 Å². The Morgan fingerprint density at radius 2 is 1.95 bits per heavy atom. The molecule has 0 fully saturated rings. The predicted molar refractivity (Wildman–Crippen MR) is 73.4 cm³/mol. The summed E-state index contributed by atoms with van der Waals surface area (Å²) in [7, 11) is 0. The smallest absolute Gasteiger partial charge is 0.328 e. The summed E-state index contributed by atoms with van der Waals surface area (Å²) in [4.78, 5) is 23.0. The maximum Gasteiger partial charge on any atom is 0.328 e. The van der Waals surface area contributed by atoms with E-state index in [4.69, 9.17) is 21.8 Å². The molecule has 104 valence electrons. The zero-order valence-electron chi connectivity index (χ0n) is 10.0. The molecule has 0 aliphatic rings. The Labute approximate surface area is 120 Å². The third-order valence-corrected chi connectivity index (χ3v) is 3.49. The number of carbonyl (C=O) groups is 2. The van der Waals surface area contributed by atoms with Crippen LogP contribution in [0, 0.1) is 0 Å². The van der Waals surface area contributed by atoms with Crippen LogP contribution in [-0.4, -0.2) is 40.5 Å². The molecule has 0 aliphatic heterocycles. The van der Waals surface area contributed by atoms with Crippen LogP contribution in [0.15, 0.2) is 29.2 Å². The lowest BCUT2D eigenvalue weighted by atomic mass is 10.3. The molecule has 3 N–H and O–H groups in total. The number of carbonyl (C=O) groups excluding carboxylic acids is 1. The van der Waals surface area contributed by atoms with Crippen LogP contribution in [0.5, 0.6) is 0 Å². The molecule has 0 radical (unpaired) electrons. The topological polar surface area (TPSA) is 86.6 Å². The lowest BCUT2D eigenvalue weighted by Gasteiger charge is -2.11. The number of aliphatic hydroxyl groups is 1. The van der Waals surface area contributed by atoms with Gasteiger partial charge in [-0.1, -0.05) is 11.6 Å². The second kappa shape index (κ2) is 8.04. The zero-order valence-corrected chi connectivity index (χ0v) is 11.6. The van der Waals surface area contributed by atoms with Crippen molar-refractivity contribution in [2.75, 3.05) is 12.4 Å². The number of hydrogen-bond donors (Lipinski definition) is 3. The van der Waals surface area contributed by atoms with Gasteiger partial charge in [0.2, 0.25) is 5.91 Å². The first-order valence-electron chi connectivity index (χ1n) is 5.54. The number of rotatable bonds is 7. The zero-order chi connectivity index (χ0) is 14.3. The summed E-state index contributed by atoms with van der Waals surface area (Å²) < 4.78 is 0. The van der Waals surface area contributed by atoms with Gasteiger partial charge < -0.3 is 15.5 Å². The summed E-state index contributed by atoms with van der Waals surface area (Å²) in [6.45, 7) is -0.620. The molecule has 1 atom stereocenters. The van der Waals surface area contributed by atoms with Gasteiger partial charge in [0.1, 0.15) is 6.04 Å². The number of hydrogen-bond acceptors (Lipinski definition) is 4. The first-order chi connectivity index (χ1) is 9.02. The van der Waals surface area contributed by atoms with Crippen molar-refractivity contribution in [2.24, 2.45) is 0 Å². The summed E-state index contributed by atoms with van der Waals surface area (Å²) in [5, 5.41) is 20.3. The van der Waals surface area contributed by atoms with E-state index in [9.17, 15) is 9.59 Å². The molecule has 1 rings (SSSR count). The summed E-state index contributed by atoms with van der Waals surface area (Å²) in [5.41, 5.74) is 0. The Morgan fingerprint density at radius 1 is 1.32 bits per heavy atom. The van der Waals surface area contributed by atoms with E-state index >= 15 is 0 Å². The number of amides is 1. The summed E-state index contributed by atoms with van der Waals surface area (Å²) >= 11 is 7.22. The van der Waals surface area contributed by atoms with Gasteiger partial charge in [-0.2, -0.15) is 0 Å². The molecule has 0 bridgehead atoms. The molecule has 0 saturated carbocycles. The number of halogens is 1. The largest absolute Gasteiger partial charge is 0.480 e. The van der Waals surface area contributed by atoms with Crippen LogP contribution < -0.4 is 5.32 Å². The van der Waals surface area contributed by atoms with Crippen molar-refractivity contribution < 1.29 is 19.8 Å². The number of nitrogens with one attached hydrogen (secondary N) is 1. The summed E-state index contributed by atoms with van der Waals surface area (Å²) in [5.74, 6) is -1.13. The minimum Gasteiger partial charge on any atom is -0.480 e. The quantitative estimate of drug-likeness (QED) is 0.663. The highest BCUT2D eigenvalue weighted by Gasteiger charge is 2.18. The standard InChI is InChI=1S/C12H14ClNO4S/c13-8-1-3-9(4-2-8)19-6-5-11(16)14-10(7-15)12(17)18/h1-4,10,15H,5-7H2,(H,14,16)(H,17,18)/t10-/m0/s1. The molecule has 5 nitrogen and oxygen atoms in total. The van der Waals surface area contributed by atoms with Crippen LogP contribution in [-0.2, 0) is 9.59 Å². The van der Waals surface area contributed by atoms with Gasteiger partial charge in [-0.15, -0.1) is 11.8 Å². The Bertz CT molecular complexity index is 438. The number of carboxylic acids is 1. The minimum absolute atomic E-state index is 0.178. The maximum atomic E-state index is 11.4. The molecule has 0 spiro atoms. The fourth-order valence-electron chi connectivity index (χ4n) is 1.24. The van der Waals surface area contributed by atoms with Crippen molar-refractivity contribution in [3.8, 4) is 0 Å². The first-order valence-corrected chi connectivity index (χ1v) is 6.90. The van der Waals surface area contributed by atoms with Crippen molar-refractivity contribution in [1.82, 2.24) is 5.32 Å². The van der Waals surface area contributed by atoms with Gasteiger partial charge >= 0.3 is 5.97 Å². The molecular weight excluding hydrogens is 290 g/mol. The summed E-state index contributed by atoms with van der Waals surface area (Å²) in [6.07, 6.45) is 0.178. The molecule has 0 heterocycles. The van der Waals surface area contributed by atoms with Crippen molar-refractivity contribution >= 4 is 35.2 Å². The third kappa shape index (κ3) is 5.96. The van der Waals surface area contributed by atoms with E-state index in [1.54, 1.807) is 12.1 Å². The van der Waals surface area contributed by atoms with E-state index in [0.29, 0.717) is 10.8 Å². The molecule has 0 aromatic heterocycles. The minimum atomic E-state index is -1.25. The Balaban J connectivity index is 2.30. The lowest BCUT2D eigenvalue weighted by molar-refractivity contribution is -0.142. The van der Waals surface area contributed by atoms with Crippen molar-refractivity contribution in [1.29, 1.82) is 0 Å². The van der Waals surface area contributed by atoms with Gasteiger partial charge in [-0.3, -0.25) is 4.79 Å². The van der Waals surface area contributed by atoms with E-state index in [1.807, 2.05) is 12.1 Å². The van der Waals surface area contributed by atoms with Gasteiger partial charge in [0.15, 0.2) is 0 Å². The van der Waals surface area contributed by atoms with Crippen LogP contribution in [0.1, 0.15) is 6.42 Å². The van der Waals surface area contributed by atoms with Gasteiger partial charge in [0.25, 0.3) is 0 Å². The second-order valence-electron chi connectivity index (χ2n) is 3.69. The number of benzene rings is 1. The van der Waals surface area contributed by atoms with E-state index in [0.717, 1.165) is 4.90 Å². The molecule has 0 aliphatic carbocycles. The van der Waals surface area contributed by atoms with Gasteiger partial charge in [0, 0.05) is 22.1 Å². The Kier molecular flexibility index (Phi) is 6.69. The second-order valence-corrected chi connectivity index (χ2v) is 5.30. The molecular formula is C12H14ClNO4S. The number of carboxylic acid groups (broad SMARTS) is 1. The van der Waals surface area contributed by atoms with Crippen LogP contribution in [0.4, 0.5) is 0 Å². The molecule has 19 heavy (non-hydrogen) atoms. The number of aliphatic carboxylic acids is 1. The average Bonchev–Trinajstić information content (AvgIpc) is 2.38. The van der Waals surface area contributed by atoms with Crippen LogP contribution in [0.3, 0.4) is 0 Å². The number of aliphatic hydroxyl groups excluding tert-OH is 1. The molecule has 1 aromatic carbocycles. The highest BCUT2D eigenvalue weighted by molar-refractivity contribution is 7.99. The lowest BCUT2D eigenvalue weighted by Crippen LogP contribution is -2.43. The van der Waals surface area contributed by atoms with E-state index in [2.05, 4.69) is 5.32 Å².